The smallest absolute Gasteiger partial charge is 0.259 e. The Morgan fingerprint density at radius 2 is 1.90 bits per heavy atom. The second kappa shape index (κ2) is 6.49. The zero-order chi connectivity index (χ0) is 15.4. The van der Waals surface area contributed by atoms with Gasteiger partial charge in [-0.1, -0.05) is 15.9 Å². The molecule has 2 rings (SSSR count). The number of carbonyl (C=O) groups is 1. The number of phenols is 1. The van der Waals surface area contributed by atoms with Gasteiger partial charge in [-0.3, -0.25) is 4.79 Å². The van der Waals surface area contributed by atoms with E-state index in [1.54, 1.807) is 31.4 Å². The van der Waals surface area contributed by atoms with E-state index in [1.807, 2.05) is 0 Å². The molecule has 5 nitrogen and oxygen atoms in total. The van der Waals surface area contributed by atoms with Crippen molar-refractivity contribution in [1.82, 2.24) is 0 Å². The van der Waals surface area contributed by atoms with Gasteiger partial charge in [-0.2, -0.15) is 0 Å². The van der Waals surface area contributed by atoms with Crippen LogP contribution in [0.2, 0.25) is 0 Å². The van der Waals surface area contributed by atoms with Gasteiger partial charge in [0.25, 0.3) is 5.91 Å². The van der Waals surface area contributed by atoms with Gasteiger partial charge < -0.3 is 19.9 Å². The zero-order valence-electron chi connectivity index (χ0n) is 11.5. The van der Waals surface area contributed by atoms with Crippen LogP contribution in [-0.2, 0) is 0 Å². The summed E-state index contributed by atoms with van der Waals surface area (Å²) in [7, 11) is 3.05. The summed E-state index contributed by atoms with van der Waals surface area (Å²) < 4.78 is 11.0. The number of phenolic OH excluding ortho intramolecular Hbond substituents is 1. The molecule has 1 amide bonds. The minimum absolute atomic E-state index is 0.102. The normalized spacial score (nSPS) is 10.0. The zero-order valence-corrected chi connectivity index (χ0v) is 13.1. The lowest BCUT2D eigenvalue weighted by Gasteiger charge is -2.12. The molecule has 2 aromatic carbocycles. The summed E-state index contributed by atoms with van der Waals surface area (Å²) in [6.45, 7) is 0. The van der Waals surface area contributed by atoms with Crippen molar-refractivity contribution in [3.05, 3.63) is 46.4 Å². The summed E-state index contributed by atoms with van der Waals surface area (Å²) >= 11 is 3.23. The molecule has 0 aliphatic carbocycles. The maximum absolute atomic E-state index is 12.2. The van der Waals surface area contributed by atoms with Gasteiger partial charge in [0.1, 0.15) is 17.2 Å². The number of methoxy groups -OCH3 is 2. The van der Waals surface area contributed by atoms with Gasteiger partial charge in [0, 0.05) is 10.5 Å². The third-order valence-corrected chi connectivity index (χ3v) is 3.35. The van der Waals surface area contributed by atoms with Crippen LogP contribution in [0.3, 0.4) is 0 Å². The third-order valence-electron chi connectivity index (χ3n) is 2.86. The van der Waals surface area contributed by atoms with Gasteiger partial charge in [-0.25, -0.2) is 0 Å². The summed E-state index contributed by atoms with van der Waals surface area (Å²) in [6, 6.07) is 9.72. The molecule has 21 heavy (non-hydrogen) atoms. The number of rotatable bonds is 4. The number of halogens is 1. The van der Waals surface area contributed by atoms with Crippen molar-refractivity contribution < 1.29 is 19.4 Å². The molecule has 2 N–H and O–H groups in total. The van der Waals surface area contributed by atoms with Gasteiger partial charge in [-0.15, -0.1) is 0 Å². The van der Waals surface area contributed by atoms with E-state index in [-0.39, 0.29) is 11.3 Å². The van der Waals surface area contributed by atoms with Crippen LogP contribution in [0, 0.1) is 0 Å². The van der Waals surface area contributed by atoms with Gasteiger partial charge in [-0.05, 0) is 30.3 Å². The van der Waals surface area contributed by atoms with E-state index >= 15 is 0 Å². The molecule has 0 bridgehead atoms. The monoisotopic (exact) mass is 351 g/mol. The lowest BCUT2D eigenvalue weighted by Crippen LogP contribution is -2.12. The highest BCUT2D eigenvalue weighted by molar-refractivity contribution is 9.10. The van der Waals surface area contributed by atoms with E-state index in [4.69, 9.17) is 9.47 Å². The second-order valence-electron chi connectivity index (χ2n) is 4.18. The molecule has 0 aromatic heterocycles. The van der Waals surface area contributed by atoms with Crippen LogP contribution in [0.5, 0.6) is 17.2 Å². The Bertz CT molecular complexity index is 673. The van der Waals surface area contributed by atoms with E-state index in [0.717, 1.165) is 0 Å². The number of aromatic hydroxyl groups is 1. The Kier molecular flexibility index (Phi) is 4.70. The minimum Gasteiger partial charge on any atom is -0.507 e. The SMILES string of the molecule is COc1ccc(NC(=O)c2ccc(Br)cc2O)c(OC)c1. The predicted octanol–water partition coefficient (Wildman–Crippen LogP) is 3.42. The molecule has 0 unspecified atom stereocenters. The van der Waals surface area contributed by atoms with Crippen LogP contribution in [0.4, 0.5) is 5.69 Å². The molecule has 2 aromatic rings. The number of hydrogen-bond donors (Lipinski definition) is 2. The molecule has 0 heterocycles. The lowest BCUT2D eigenvalue weighted by molar-refractivity contribution is 0.102. The topological polar surface area (TPSA) is 67.8 Å². The van der Waals surface area contributed by atoms with E-state index < -0.39 is 5.91 Å². The van der Waals surface area contributed by atoms with Crippen molar-refractivity contribution in [2.75, 3.05) is 19.5 Å². The van der Waals surface area contributed by atoms with Gasteiger partial charge in [0.15, 0.2) is 0 Å². The van der Waals surface area contributed by atoms with E-state index in [1.165, 1.54) is 19.2 Å². The van der Waals surface area contributed by atoms with E-state index in [9.17, 15) is 9.90 Å². The van der Waals surface area contributed by atoms with Crippen LogP contribution >= 0.6 is 15.9 Å². The molecule has 0 atom stereocenters. The summed E-state index contributed by atoms with van der Waals surface area (Å²) in [5.41, 5.74) is 0.668. The van der Waals surface area contributed by atoms with Crippen LogP contribution < -0.4 is 14.8 Å². The fourth-order valence-electron chi connectivity index (χ4n) is 1.79. The number of hydrogen-bond acceptors (Lipinski definition) is 4. The highest BCUT2D eigenvalue weighted by Crippen LogP contribution is 2.30. The lowest BCUT2D eigenvalue weighted by atomic mass is 10.2. The molecule has 0 aliphatic rings. The molecular weight excluding hydrogens is 338 g/mol. The highest BCUT2D eigenvalue weighted by Gasteiger charge is 2.14. The maximum Gasteiger partial charge on any atom is 0.259 e. The van der Waals surface area contributed by atoms with E-state index in [0.29, 0.717) is 21.7 Å². The summed E-state index contributed by atoms with van der Waals surface area (Å²) in [4.78, 5) is 12.2. The number of ether oxygens (including phenoxy) is 2. The van der Waals surface area contributed by atoms with Gasteiger partial charge in [0.2, 0.25) is 0 Å². The quantitative estimate of drug-likeness (QED) is 0.885. The number of carbonyl (C=O) groups excluding carboxylic acids is 1. The van der Waals surface area contributed by atoms with Gasteiger partial charge >= 0.3 is 0 Å². The third kappa shape index (κ3) is 3.46. The fourth-order valence-corrected chi connectivity index (χ4v) is 2.14. The Balaban J connectivity index is 2.27. The number of benzene rings is 2. The van der Waals surface area contributed by atoms with Gasteiger partial charge in [0.05, 0.1) is 25.5 Å². The van der Waals surface area contributed by atoms with Crippen molar-refractivity contribution in [1.29, 1.82) is 0 Å². The average molecular weight is 352 g/mol. The first kappa shape index (κ1) is 15.2. The maximum atomic E-state index is 12.2. The molecule has 110 valence electrons. The number of nitrogens with one attached hydrogen (secondary N) is 1. The molecule has 0 aliphatic heterocycles. The van der Waals surface area contributed by atoms with Crippen LogP contribution in [0.1, 0.15) is 10.4 Å². The predicted molar refractivity (Wildman–Crippen MR) is 83.3 cm³/mol. The largest absolute Gasteiger partial charge is 0.507 e. The van der Waals surface area contributed by atoms with Crippen LogP contribution in [0.15, 0.2) is 40.9 Å². The summed E-state index contributed by atoms with van der Waals surface area (Å²) in [6.07, 6.45) is 0. The Morgan fingerprint density at radius 1 is 1.14 bits per heavy atom. The standard InChI is InChI=1S/C15H14BrNO4/c1-20-10-4-6-12(14(8-10)21-2)17-15(19)11-5-3-9(16)7-13(11)18/h3-8,18H,1-2H3,(H,17,19). The van der Waals surface area contributed by atoms with Crippen molar-refractivity contribution in [2.24, 2.45) is 0 Å². The molecule has 0 radical (unpaired) electrons. The van der Waals surface area contributed by atoms with Crippen LogP contribution in [-0.4, -0.2) is 25.2 Å². The fraction of sp³-hybridized carbons (Fsp3) is 0.133. The van der Waals surface area contributed by atoms with Crippen LogP contribution in [0.25, 0.3) is 0 Å². The first-order chi connectivity index (χ1) is 10.0. The van der Waals surface area contributed by atoms with Crippen molar-refractivity contribution in [3.8, 4) is 17.2 Å². The first-order valence-electron chi connectivity index (χ1n) is 6.07. The molecular formula is C15H14BrNO4. The van der Waals surface area contributed by atoms with Crippen molar-refractivity contribution in [3.63, 3.8) is 0 Å². The average Bonchev–Trinajstić information content (AvgIpc) is 2.47. The minimum atomic E-state index is -0.427. The first-order valence-corrected chi connectivity index (χ1v) is 6.86. The Labute approximate surface area is 130 Å². The van der Waals surface area contributed by atoms with E-state index in [2.05, 4.69) is 21.2 Å². The molecule has 6 heteroatoms. The number of amides is 1. The molecule has 0 saturated heterocycles. The summed E-state index contributed by atoms with van der Waals surface area (Å²) in [5.74, 6) is 0.563. The molecule has 0 saturated carbocycles. The van der Waals surface area contributed by atoms with Crippen molar-refractivity contribution in [2.45, 2.75) is 0 Å². The summed E-state index contributed by atoms with van der Waals surface area (Å²) in [5, 5.41) is 12.5. The number of anilines is 1. The Hall–Kier alpha value is -2.21. The Morgan fingerprint density at radius 3 is 2.52 bits per heavy atom. The molecule has 0 spiro atoms. The van der Waals surface area contributed by atoms with Crippen molar-refractivity contribution >= 4 is 27.5 Å². The molecule has 0 fully saturated rings. The second-order valence-corrected chi connectivity index (χ2v) is 5.10. The highest BCUT2D eigenvalue weighted by atomic mass is 79.9.